The van der Waals surface area contributed by atoms with Crippen LogP contribution in [0.25, 0.3) is 11.0 Å². The van der Waals surface area contributed by atoms with Crippen molar-refractivity contribution in [2.24, 2.45) is 5.73 Å². The molecule has 0 unspecified atom stereocenters. The molecule has 3 aromatic carbocycles. The van der Waals surface area contributed by atoms with E-state index in [1.165, 1.54) is 0 Å². The molecule has 0 bridgehead atoms. The first-order chi connectivity index (χ1) is 15.8. The molecule has 0 aliphatic rings. The molecule has 0 radical (unpaired) electrons. The zero-order chi connectivity index (χ0) is 23.5. The van der Waals surface area contributed by atoms with Crippen LogP contribution in [0.3, 0.4) is 0 Å². The van der Waals surface area contributed by atoms with Gasteiger partial charge in [-0.2, -0.15) is 0 Å². The second kappa shape index (κ2) is 10.1. The number of carbonyl (C=O) groups excluding carboxylic acids is 2. The van der Waals surface area contributed by atoms with E-state index < -0.39 is 5.91 Å². The Morgan fingerprint density at radius 2 is 1.70 bits per heavy atom. The van der Waals surface area contributed by atoms with Crippen LogP contribution < -0.4 is 10.5 Å². The lowest BCUT2D eigenvalue weighted by Gasteiger charge is -2.07. The van der Waals surface area contributed by atoms with Crippen molar-refractivity contribution >= 4 is 67.8 Å². The monoisotopic (exact) mass is 667 g/mol. The number of primary amides is 1. The van der Waals surface area contributed by atoms with Crippen LogP contribution >= 0.6 is 45.2 Å². The van der Waals surface area contributed by atoms with Crippen LogP contribution in [0.4, 0.5) is 0 Å². The number of hydrogen-bond donors (Lipinski definition) is 2. The predicted molar refractivity (Wildman–Crippen MR) is 141 cm³/mol. The Labute approximate surface area is 217 Å². The molecule has 4 aromatic rings. The van der Waals surface area contributed by atoms with Crippen LogP contribution in [0.1, 0.15) is 33.7 Å². The highest BCUT2D eigenvalue weighted by atomic mass is 127. The minimum Gasteiger partial charge on any atom is -0.506 e. The Morgan fingerprint density at radius 1 is 1.00 bits per heavy atom. The highest BCUT2D eigenvalue weighted by molar-refractivity contribution is 14.1. The third-order valence-electron chi connectivity index (χ3n) is 5.09. The molecule has 0 atom stereocenters. The average molecular weight is 667 g/mol. The number of halogens is 2. The first kappa shape index (κ1) is 23.6. The van der Waals surface area contributed by atoms with Gasteiger partial charge in [-0.05, 0) is 75.0 Å². The van der Waals surface area contributed by atoms with Crippen molar-refractivity contribution in [2.45, 2.75) is 19.4 Å². The summed E-state index contributed by atoms with van der Waals surface area (Å²) in [5, 5.41) is 10.7. The number of aryl methyl sites for hydroxylation is 1. The molecule has 168 valence electrons. The largest absolute Gasteiger partial charge is 0.506 e. The summed E-state index contributed by atoms with van der Waals surface area (Å²) in [6, 6.07) is 18.4. The number of aromatic hydroxyl groups is 1. The number of phenols is 1. The van der Waals surface area contributed by atoms with Gasteiger partial charge in [0.2, 0.25) is 5.91 Å². The van der Waals surface area contributed by atoms with Crippen LogP contribution in [-0.2, 0) is 17.8 Å². The summed E-state index contributed by atoms with van der Waals surface area (Å²) < 4.78 is 13.0. The van der Waals surface area contributed by atoms with E-state index in [1.807, 2.05) is 75.5 Å². The van der Waals surface area contributed by atoms with Gasteiger partial charge in [0.15, 0.2) is 5.78 Å². The van der Waals surface area contributed by atoms with Gasteiger partial charge in [0, 0.05) is 29.9 Å². The zero-order valence-corrected chi connectivity index (χ0v) is 21.6. The lowest BCUT2D eigenvalue weighted by atomic mass is 9.98. The summed E-state index contributed by atoms with van der Waals surface area (Å²) in [7, 11) is 0. The summed E-state index contributed by atoms with van der Waals surface area (Å²) in [6.45, 7) is 0.401. The number of amides is 1. The van der Waals surface area contributed by atoms with Gasteiger partial charge in [0.1, 0.15) is 29.4 Å². The molecular formula is C25H19I2NO5. The minimum absolute atomic E-state index is 0.0577. The van der Waals surface area contributed by atoms with Gasteiger partial charge in [0.05, 0.1) is 12.7 Å². The molecule has 3 N–H and O–H groups in total. The number of phenolic OH excluding ortho intramolecular Hbond substituents is 1. The van der Waals surface area contributed by atoms with Crippen molar-refractivity contribution in [1.82, 2.24) is 0 Å². The number of carbonyl (C=O) groups is 2. The van der Waals surface area contributed by atoms with Gasteiger partial charge in [-0.3, -0.25) is 9.59 Å². The van der Waals surface area contributed by atoms with Crippen molar-refractivity contribution in [3.8, 4) is 11.5 Å². The molecule has 0 spiro atoms. The first-order valence-corrected chi connectivity index (χ1v) is 12.2. The molecule has 0 aliphatic carbocycles. The van der Waals surface area contributed by atoms with E-state index in [-0.39, 0.29) is 24.4 Å². The third-order valence-corrected chi connectivity index (χ3v) is 6.73. The lowest BCUT2D eigenvalue weighted by molar-refractivity contribution is -0.118. The van der Waals surface area contributed by atoms with Gasteiger partial charge in [-0.1, -0.05) is 30.3 Å². The van der Waals surface area contributed by atoms with Crippen LogP contribution in [0.2, 0.25) is 0 Å². The standard InChI is InChI=1S/C25H19I2NO5/c26-18-10-15(11-19(27)25(18)31)24(30)23-17-7-6-16(32-13-14-4-2-1-3-5-14)12-21(17)33-20(23)8-9-22(28)29/h1-7,10-12,31H,8-9,13H2,(H2,28,29). The van der Waals surface area contributed by atoms with Gasteiger partial charge >= 0.3 is 0 Å². The van der Waals surface area contributed by atoms with Crippen LogP contribution in [0.5, 0.6) is 11.5 Å². The van der Waals surface area contributed by atoms with E-state index in [0.29, 0.717) is 47.4 Å². The van der Waals surface area contributed by atoms with E-state index in [1.54, 1.807) is 30.3 Å². The highest BCUT2D eigenvalue weighted by Crippen LogP contribution is 2.34. The number of hydrogen-bond acceptors (Lipinski definition) is 5. The summed E-state index contributed by atoms with van der Waals surface area (Å²) in [4.78, 5) is 24.9. The van der Waals surface area contributed by atoms with Crippen molar-refractivity contribution < 1.29 is 23.8 Å². The van der Waals surface area contributed by atoms with Crippen molar-refractivity contribution in [2.75, 3.05) is 0 Å². The lowest BCUT2D eigenvalue weighted by Crippen LogP contribution is -2.12. The quantitative estimate of drug-likeness (QED) is 0.189. The maximum atomic E-state index is 13.5. The molecule has 33 heavy (non-hydrogen) atoms. The van der Waals surface area contributed by atoms with E-state index in [4.69, 9.17) is 14.9 Å². The number of ketones is 1. The van der Waals surface area contributed by atoms with E-state index in [9.17, 15) is 14.7 Å². The molecule has 0 saturated carbocycles. The molecule has 1 amide bonds. The molecule has 8 heteroatoms. The van der Waals surface area contributed by atoms with Crippen LogP contribution in [-0.4, -0.2) is 16.8 Å². The summed E-state index contributed by atoms with van der Waals surface area (Å²) in [5.41, 5.74) is 7.67. The fourth-order valence-corrected chi connectivity index (χ4v) is 5.23. The van der Waals surface area contributed by atoms with E-state index in [0.717, 1.165) is 5.56 Å². The van der Waals surface area contributed by atoms with Crippen molar-refractivity contribution in [3.05, 3.63) is 90.3 Å². The van der Waals surface area contributed by atoms with E-state index in [2.05, 4.69) is 0 Å². The SMILES string of the molecule is NC(=O)CCc1oc2cc(OCc3ccccc3)ccc2c1C(=O)c1cc(I)c(O)c(I)c1. The summed E-state index contributed by atoms with van der Waals surface area (Å²) in [6.07, 6.45) is 0.264. The van der Waals surface area contributed by atoms with Crippen LogP contribution in [0.15, 0.2) is 65.1 Å². The number of rotatable bonds is 8. The van der Waals surface area contributed by atoms with Crippen molar-refractivity contribution in [1.29, 1.82) is 0 Å². The molecule has 4 rings (SSSR count). The molecule has 0 aliphatic heterocycles. The fourth-order valence-electron chi connectivity index (χ4n) is 3.46. The second-order valence-electron chi connectivity index (χ2n) is 7.42. The predicted octanol–water partition coefficient (Wildman–Crippen LogP) is 5.58. The fraction of sp³-hybridized carbons (Fsp3) is 0.120. The molecule has 1 aromatic heterocycles. The summed E-state index contributed by atoms with van der Waals surface area (Å²) >= 11 is 3.98. The Hall–Kier alpha value is -2.60. The van der Waals surface area contributed by atoms with Crippen LogP contribution in [0, 0.1) is 7.14 Å². The second-order valence-corrected chi connectivity index (χ2v) is 9.74. The number of ether oxygens (including phenoxy) is 1. The Bertz CT molecular complexity index is 1320. The minimum atomic E-state index is -0.477. The normalized spacial score (nSPS) is 11.0. The number of benzene rings is 3. The van der Waals surface area contributed by atoms with Gasteiger partial charge in [-0.15, -0.1) is 0 Å². The molecule has 1 heterocycles. The average Bonchev–Trinajstić information content (AvgIpc) is 3.17. The third kappa shape index (κ3) is 5.32. The molecular weight excluding hydrogens is 648 g/mol. The van der Waals surface area contributed by atoms with Gasteiger partial charge < -0.3 is 20.0 Å². The van der Waals surface area contributed by atoms with Gasteiger partial charge in [-0.25, -0.2) is 0 Å². The molecule has 6 nitrogen and oxygen atoms in total. The number of fused-ring (bicyclic) bond motifs is 1. The Morgan fingerprint density at radius 3 is 2.36 bits per heavy atom. The first-order valence-electron chi connectivity index (χ1n) is 10.1. The summed E-state index contributed by atoms with van der Waals surface area (Å²) in [5.74, 6) is 0.414. The van der Waals surface area contributed by atoms with Crippen molar-refractivity contribution in [3.63, 3.8) is 0 Å². The Balaban J connectivity index is 1.72. The zero-order valence-electron chi connectivity index (χ0n) is 17.3. The highest BCUT2D eigenvalue weighted by Gasteiger charge is 2.24. The maximum absolute atomic E-state index is 13.5. The number of nitrogens with two attached hydrogens (primary N) is 1. The topological polar surface area (TPSA) is 103 Å². The smallest absolute Gasteiger partial charge is 0.217 e. The molecule has 0 fully saturated rings. The maximum Gasteiger partial charge on any atom is 0.217 e. The van der Waals surface area contributed by atoms with E-state index >= 15 is 0 Å². The Kier molecular flexibility index (Phi) is 7.23. The molecule has 0 saturated heterocycles. The van der Waals surface area contributed by atoms with Gasteiger partial charge in [0.25, 0.3) is 0 Å². The number of furan rings is 1.